The maximum atomic E-state index is 10.8. The van der Waals surface area contributed by atoms with Gasteiger partial charge in [-0.3, -0.25) is 10.1 Å². The number of nitrogens with one attached hydrogen (secondary N) is 1. The minimum atomic E-state index is -0.452. The van der Waals surface area contributed by atoms with E-state index < -0.39 is 4.92 Å². The van der Waals surface area contributed by atoms with E-state index in [1.807, 2.05) is 19.1 Å². The molecule has 2 rings (SSSR count). The highest BCUT2D eigenvalue weighted by molar-refractivity contribution is 9.10. The Kier molecular flexibility index (Phi) is 3.84. The largest absolute Gasteiger partial charge is 0.465 e. The van der Waals surface area contributed by atoms with Crippen molar-refractivity contribution in [3.05, 3.63) is 50.0 Å². The SMILES string of the molecule is Cc1ccc(CNc2ncc([N+](=O)[O-])c(C)c2Br)o1. The van der Waals surface area contributed by atoms with Gasteiger partial charge in [-0.1, -0.05) is 0 Å². The van der Waals surface area contributed by atoms with E-state index >= 15 is 0 Å². The Morgan fingerprint density at radius 1 is 1.47 bits per heavy atom. The molecule has 100 valence electrons. The molecule has 1 N–H and O–H groups in total. The first-order valence-electron chi connectivity index (χ1n) is 5.57. The van der Waals surface area contributed by atoms with E-state index in [9.17, 15) is 10.1 Å². The summed E-state index contributed by atoms with van der Waals surface area (Å²) in [5, 5.41) is 13.9. The topological polar surface area (TPSA) is 81.2 Å². The Hall–Kier alpha value is -1.89. The molecule has 0 spiro atoms. The van der Waals surface area contributed by atoms with Gasteiger partial charge in [-0.25, -0.2) is 4.98 Å². The number of nitro groups is 1. The molecule has 0 aliphatic rings. The standard InChI is InChI=1S/C12H12BrN3O3/c1-7-3-4-9(19-7)5-14-12-11(13)8(2)10(6-15-12)16(17)18/h3-4,6H,5H2,1-2H3,(H,14,15). The molecule has 19 heavy (non-hydrogen) atoms. The lowest BCUT2D eigenvalue weighted by Gasteiger charge is -2.08. The Labute approximate surface area is 118 Å². The number of anilines is 1. The molecule has 0 aliphatic heterocycles. The van der Waals surface area contributed by atoms with E-state index in [4.69, 9.17) is 4.42 Å². The molecule has 6 nitrogen and oxygen atoms in total. The molecule has 7 heteroatoms. The first kappa shape index (κ1) is 13.5. The van der Waals surface area contributed by atoms with Gasteiger partial charge in [0.1, 0.15) is 23.5 Å². The summed E-state index contributed by atoms with van der Waals surface area (Å²) in [7, 11) is 0. The summed E-state index contributed by atoms with van der Waals surface area (Å²) in [4.78, 5) is 14.4. The van der Waals surface area contributed by atoms with E-state index in [2.05, 4.69) is 26.2 Å². The molecule has 0 saturated carbocycles. The van der Waals surface area contributed by atoms with Gasteiger partial charge < -0.3 is 9.73 Å². The van der Waals surface area contributed by atoms with Crippen molar-refractivity contribution >= 4 is 27.4 Å². The second-order valence-electron chi connectivity index (χ2n) is 4.05. The predicted molar refractivity (Wildman–Crippen MR) is 74.1 cm³/mol. The highest BCUT2D eigenvalue weighted by Gasteiger charge is 2.17. The second-order valence-corrected chi connectivity index (χ2v) is 4.85. The third-order valence-electron chi connectivity index (χ3n) is 2.66. The van der Waals surface area contributed by atoms with Crippen LogP contribution in [0.3, 0.4) is 0 Å². The van der Waals surface area contributed by atoms with Crippen LogP contribution in [0.25, 0.3) is 0 Å². The van der Waals surface area contributed by atoms with Gasteiger partial charge in [-0.15, -0.1) is 0 Å². The number of nitrogens with zero attached hydrogens (tertiary/aromatic N) is 2. The first-order valence-corrected chi connectivity index (χ1v) is 6.37. The van der Waals surface area contributed by atoms with Gasteiger partial charge in [0.25, 0.3) is 5.69 Å². The van der Waals surface area contributed by atoms with E-state index in [-0.39, 0.29) is 5.69 Å². The van der Waals surface area contributed by atoms with E-state index in [1.165, 1.54) is 6.20 Å². The second kappa shape index (κ2) is 5.40. The summed E-state index contributed by atoms with van der Waals surface area (Å²) < 4.78 is 6.01. The molecule has 2 aromatic rings. The summed E-state index contributed by atoms with van der Waals surface area (Å²) in [6.07, 6.45) is 1.25. The Morgan fingerprint density at radius 3 is 2.79 bits per heavy atom. The monoisotopic (exact) mass is 325 g/mol. The third kappa shape index (κ3) is 2.93. The van der Waals surface area contributed by atoms with Crippen molar-refractivity contribution in [3.63, 3.8) is 0 Å². The number of rotatable bonds is 4. The van der Waals surface area contributed by atoms with Crippen LogP contribution in [-0.4, -0.2) is 9.91 Å². The number of halogens is 1. The molecule has 2 aromatic heterocycles. The third-order valence-corrected chi connectivity index (χ3v) is 3.63. The van der Waals surface area contributed by atoms with E-state index in [0.717, 1.165) is 11.5 Å². The number of aromatic nitrogens is 1. The van der Waals surface area contributed by atoms with Crippen molar-refractivity contribution < 1.29 is 9.34 Å². The van der Waals surface area contributed by atoms with Gasteiger partial charge >= 0.3 is 0 Å². The zero-order chi connectivity index (χ0) is 14.0. The van der Waals surface area contributed by atoms with Crippen molar-refractivity contribution in [3.8, 4) is 0 Å². The summed E-state index contributed by atoms with van der Waals surface area (Å²) >= 11 is 3.32. The van der Waals surface area contributed by atoms with E-state index in [0.29, 0.717) is 22.4 Å². The van der Waals surface area contributed by atoms with E-state index in [1.54, 1.807) is 6.92 Å². The van der Waals surface area contributed by atoms with Gasteiger partial charge in [0.05, 0.1) is 15.9 Å². The van der Waals surface area contributed by atoms with Crippen molar-refractivity contribution in [2.75, 3.05) is 5.32 Å². The minimum absolute atomic E-state index is 0.00809. The molecule has 0 unspecified atom stereocenters. The predicted octanol–water partition coefficient (Wildman–Crippen LogP) is 3.57. The van der Waals surface area contributed by atoms with Crippen LogP contribution in [0.4, 0.5) is 11.5 Å². The van der Waals surface area contributed by atoms with Gasteiger partial charge in [0, 0.05) is 5.56 Å². The summed E-state index contributed by atoms with van der Waals surface area (Å²) in [5.74, 6) is 2.17. The normalized spacial score (nSPS) is 10.5. The summed E-state index contributed by atoms with van der Waals surface area (Å²) in [6.45, 7) is 4.01. The van der Waals surface area contributed by atoms with Crippen LogP contribution in [-0.2, 0) is 6.54 Å². The maximum absolute atomic E-state index is 10.8. The lowest BCUT2D eigenvalue weighted by Crippen LogP contribution is -2.03. The fourth-order valence-corrected chi connectivity index (χ4v) is 2.07. The van der Waals surface area contributed by atoms with Crippen molar-refractivity contribution in [1.29, 1.82) is 0 Å². The number of pyridine rings is 1. The maximum Gasteiger partial charge on any atom is 0.291 e. The van der Waals surface area contributed by atoms with Crippen LogP contribution in [0.5, 0.6) is 0 Å². The molecule has 0 radical (unpaired) electrons. The molecule has 0 saturated heterocycles. The molecule has 0 fully saturated rings. The molecule has 0 aromatic carbocycles. The Morgan fingerprint density at radius 2 is 2.21 bits per heavy atom. The van der Waals surface area contributed by atoms with Crippen LogP contribution in [0, 0.1) is 24.0 Å². The smallest absolute Gasteiger partial charge is 0.291 e. The van der Waals surface area contributed by atoms with Crippen molar-refractivity contribution in [1.82, 2.24) is 4.98 Å². The lowest BCUT2D eigenvalue weighted by atomic mass is 10.2. The van der Waals surface area contributed by atoms with Crippen LogP contribution in [0.2, 0.25) is 0 Å². The number of hydrogen-bond acceptors (Lipinski definition) is 5. The molecular formula is C12H12BrN3O3. The lowest BCUT2D eigenvalue weighted by molar-refractivity contribution is -0.385. The fraction of sp³-hybridized carbons (Fsp3) is 0.250. The first-order chi connectivity index (χ1) is 8.99. The highest BCUT2D eigenvalue weighted by Crippen LogP contribution is 2.30. The van der Waals surface area contributed by atoms with Crippen LogP contribution in [0.15, 0.2) is 27.2 Å². The Bertz CT molecular complexity index is 625. The molecule has 0 atom stereocenters. The van der Waals surface area contributed by atoms with Crippen LogP contribution in [0.1, 0.15) is 17.1 Å². The molecule has 0 bridgehead atoms. The number of aryl methyl sites for hydroxylation is 1. The van der Waals surface area contributed by atoms with Gasteiger partial charge in [-0.2, -0.15) is 0 Å². The van der Waals surface area contributed by atoms with Gasteiger partial charge in [0.15, 0.2) is 0 Å². The fourth-order valence-electron chi connectivity index (χ4n) is 1.63. The van der Waals surface area contributed by atoms with Gasteiger partial charge in [-0.05, 0) is 41.9 Å². The average molecular weight is 326 g/mol. The zero-order valence-corrected chi connectivity index (χ0v) is 12.0. The van der Waals surface area contributed by atoms with Crippen molar-refractivity contribution in [2.45, 2.75) is 20.4 Å². The molecular weight excluding hydrogens is 314 g/mol. The van der Waals surface area contributed by atoms with Gasteiger partial charge in [0.2, 0.25) is 0 Å². The summed E-state index contributed by atoms with van der Waals surface area (Å²) in [6, 6.07) is 3.75. The quantitative estimate of drug-likeness (QED) is 0.686. The highest BCUT2D eigenvalue weighted by atomic mass is 79.9. The number of hydrogen-bond donors (Lipinski definition) is 1. The summed E-state index contributed by atoms with van der Waals surface area (Å²) in [5.41, 5.74) is 0.532. The average Bonchev–Trinajstić information content (AvgIpc) is 2.76. The van der Waals surface area contributed by atoms with Crippen molar-refractivity contribution in [2.24, 2.45) is 0 Å². The van der Waals surface area contributed by atoms with Crippen LogP contribution < -0.4 is 5.32 Å². The number of furan rings is 1. The molecule has 0 aliphatic carbocycles. The minimum Gasteiger partial charge on any atom is -0.465 e. The zero-order valence-electron chi connectivity index (χ0n) is 10.4. The Balaban J connectivity index is 2.17. The van der Waals surface area contributed by atoms with Crippen LogP contribution >= 0.6 is 15.9 Å². The molecule has 0 amide bonds. The molecule has 2 heterocycles.